The van der Waals surface area contributed by atoms with Gasteiger partial charge < -0.3 is 0 Å². The van der Waals surface area contributed by atoms with E-state index in [1.807, 2.05) is 24.3 Å². The molecule has 1 fully saturated rings. The van der Waals surface area contributed by atoms with Crippen LogP contribution in [0.5, 0.6) is 0 Å². The first-order valence-corrected chi connectivity index (χ1v) is 5.39. The first kappa shape index (κ1) is 9.93. The monoisotopic (exact) mass is 226 g/mol. The minimum atomic E-state index is -0.385. The molecular weight excluding hydrogens is 216 g/mol. The average molecular weight is 226 g/mol. The number of aromatic nitrogens is 3. The van der Waals surface area contributed by atoms with Gasteiger partial charge in [0.2, 0.25) is 6.08 Å². The lowest BCUT2D eigenvalue weighted by molar-refractivity contribution is 0.556. The zero-order chi connectivity index (χ0) is 11.7. The molecule has 0 amide bonds. The highest BCUT2D eigenvalue weighted by Gasteiger charge is 2.46. The van der Waals surface area contributed by atoms with Crippen molar-refractivity contribution in [3.05, 3.63) is 42.5 Å². The first-order chi connectivity index (χ1) is 8.36. The van der Waals surface area contributed by atoms with Gasteiger partial charge in [0, 0.05) is 5.56 Å². The number of isocyanates is 1. The Bertz CT molecular complexity index is 580. The summed E-state index contributed by atoms with van der Waals surface area (Å²) in [5.41, 5.74) is 1.54. The second kappa shape index (κ2) is 3.64. The third kappa shape index (κ3) is 1.57. The second-order valence-corrected chi connectivity index (χ2v) is 4.09. The maximum atomic E-state index is 10.5. The van der Waals surface area contributed by atoms with E-state index in [-0.39, 0.29) is 5.54 Å². The molecule has 1 aliphatic carbocycles. The number of aliphatic imine (C=N–C) groups is 1. The van der Waals surface area contributed by atoms with Crippen LogP contribution < -0.4 is 0 Å². The molecule has 5 heteroatoms. The van der Waals surface area contributed by atoms with E-state index >= 15 is 0 Å². The summed E-state index contributed by atoms with van der Waals surface area (Å²) in [7, 11) is 0. The number of benzene rings is 1. The van der Waals surface area contributed by atoms with Gasteiger partial charge in [-0.15, -0.1) is 0 Å². The quantitative estimate of drug-likeness (QED) is 0.589. The van der Waals surface area contributed by atoms with Crippen molar-refractivity contribution >= 4 is 6.08 Å². The average Bonchev–Trinajstić information content (AvgIpc) is 2.94. The minimum Gasteiger partial charge on any atom is -0.223 e. The zero-order valence-corrected chi connectivity index (χ0v) is 9.08. The van der Waals surface area contributed by atoms with Crippen LogP contribution in [0.25, 0.3) is 5.69 Å². The van der Waals surface area contributed by atoms with Crippen molar-refractivity contribution in [1.29, 1.82) is 0 Å². The molecule has 2 aromatic rings. The van der Waals surface area contributed by atoms with E-state index in [2.05, 4.69) is 15.1 Å². The summed E-state index contributed by atoms with van der Waals surface area (Å²) in [5, 5.41) is 4.11. The zero-order valence-electron chi connectivity index (χ0n) is 9.08. The Morgan fingerprint density at radius 2 is 2.18 bits per heavy atom. The highest BCUT2D eigenvalue weighted by atomic mass is 16.1. The molecule has 0 unspecified atom stereocenters. The second-order valence-electron chi connectivity index (χ2n) is 4.09. The number of para-hydroxylation sites is 1. The van der Waals surface area contributed by atoms with E-state index in [9.17, 15) is 4.79 Å². The van der Waals surface area contributed by atoms with Crippen LogP contribution in [0.15, 0.2) is 41.9 Å². The molecule has 1 aliphatic rings. The van der Waals surface area contributed by atoms with Crippen molar-refractivity contribution in [3.63, 3.8) is 0 Å². The normalized spacial score (nSPS) is 16.2. The van der Waals surface area contributed by atoms with Gasteiger partial charge in [-0.1, -0.05) is 18.2 Å². The van der Waals surface area contributed by atoms with Gasteiger partial charge in [-0.05, 0) is 18.9 Å². The highest BCUT2D eigenvalue weighted by molar-refractivity contribution is 5.50. The third-order valence-electron chi connectivity index (χ3n) is 3.05. The Labute approximate surface area is 97.8 Å². The lowest BCUT2D eigenvalue weighted by Crippen LogP contribution is -2.09. The summed E-state index contributed by atoms with van der Waals surface area (Å²) in [4.78, 5) is 18.4. The predicted octanol–water partition coefficient (Wildman–Crippen LogP) is 1.59. The topological polar surface area (TPSA) is 60.1 Å². The van der Waals surface area contributed by atoms with Crippen LogP contribution >= 0.6 is 0 Å². The molecule has 0 N–H and O–H groups in total. The maximum absolute atomic E-state index is 10.5. The number of carbonyl (C=O) groups excluding carboxylic acids is 1. The molecular formula is C12H10N4O. The van der Waals surface area contributed by atoms with Crippen molar-refractivity contribution in [3.8, 4) is 5.69 Å². The fourth-order valence-corrected chi connectivity index (χ4v) is 2.05. The van der Waals surface area contributed by atoms with Crippen molar-refractivity contribution in [2.75, 3.05) is 0 Å². The molecule has 1 aromatic heterocycles. The van der Waals surface area contributed by atoms with Crippen molar-refractivity contribution in [1.82, 2.24) is 14.8 Å². The number of nitrogens with zero attached hydrogens (tertiary/aromatic N) is 4. The Hall–Kier alpha value is -2.26. The molecule has 0 bridgehead atoms. The summed E-state index contributed by atoms with van der Waals surface area (Å²) >= 11 is 0. The molecule has 0 aliphatic heterocycles. The lowest BCUT2D eigenvalue weighted by atomic mass is 10.0. The smallest absolute Gasteiger partial charge is 0.223 e. The molecule has 1 saturated carbocycles. The summed E-state index contributed by atoms with van der Waals surface area (Å²) < 4.78 is 1.69. The van der Waals surface area contributed by atoms with Crippen molar-refractivity contribution in [2.45, 2.75) is 18.4 Å². The van der Waals surface area contributed by atoms with E-state index < -0.39 is 0 Å². The largest absolute Gasteiger partial charge is 0.235 e. The molecule has 0 spiro atoms. The van der Waals surface area contributed by atoms with Crippen LogP contribution in [-0.2, 0) is 10.3 Å². The lowest BCUT2D eigenvalue weighted by Gasteiger charge is -2.13. The Morgan fingerprint density at radius 1 is 1.35 bits per heavy atom. The van der Waals surface area contributed by atoms with Crippen LogP contribution in [0.4, 0.5) is 0 Å². The number of rotatable bonds is 3. The van der Waals surface area contributed by atoms with Crippen LogP contribution in [0.2, 0.25) is 0 Å². The molecule has 0 saturated heterocycles. The van der Waals surface area contributed by atoms with E-state index in [4.69, 9.17) is 0 Å². The standard InChI is InChI=1S/C12H10N4O/c17-9-14-12(5-6-12)10-3-1-2-4-11(10)16-8-13-7-15-16/h1-4,7-8H,5-6H2. The Balaban J connectivity index is 2.15. The molecule has 0 atom stereocenters. The highest BCUT2D eigenvalue weighted by Crippen LogP contribution is 2.50. The summed E-state index contributed by atoms with van der Waals surface area (Å²) in [6.07, 6.45) is 6.56. The SMILES string of the molecule is O=C=NC1(c2ccccc2-n2cncn2)CC1. The Kier molecular flexibility index (Phi) is 2.13. The molecule has 0 radical (unpaired) electrons. The van der Waals surface area contributed by atoms with Crippen LogP contribution in [0.1, 0.15) is 18.4 Å². The minimum absolute atomic E-state index is 0.385. The van der Waals surface area contributed by atoms with Gasteiger partial charge in [0.05, 0.1) is 5.69 Å². The van der Waals surface area contributed by atoms with Crippen molar-refractivity contribution in [2.24, 2.45) is 4.99 Å². The fourth-order valence-electron chi connectivity index (χ4n) is 2.05. The van der Waals surface area contributed by atoms with Gasteiger partial charge in [-0.25, -0.2) is 14.5 Å². The van der Waals surface area contributed by atoms with E-state index in [0.29, 0.717) is 0 Å². The van der Waals surface area contributed by atoms with Crippen molar-refractivity contribution < 1.29 is 4.79 Å². The molecule has 84 valence electrons. The fraction of sp³-hybridized carbons (Fsp3) is 0.250. The van der Waals surface area contributed by atoms with Gasteiger partial charge in [0.25, 0.3) is 0 Å². The van der Waals surface area contributed by atoms with E-state index in [1.165, 1.54) is 6.33 Å². The van der Waals surface area contributed by atoms with E-state index in [1.54, 1.807) is 17.1 Å². The predicted molar refractivity (Wildman–Crippen MR) is 60.4 cm³/mol. The van der Waals surface area contributed by atoms with Gasteiger partial charge >= 0.3 is 0 Å². The number of hydrogen-bond donors (Lipinski definition) is 0. The van der Waals surface area contributed by atoms with Gasteiger partial charge in [0.15, 0.2) is 0 Å². The van der Waals surface area contributed by atoms with Crippen LogP contribution in [0.3, 0.4) is 0 Å². The molecule has 3 rings (SSSR count). The van der Waals surface area contributed by atoms with Gasteiger partial charge in [0.1, 0.15) is 18.2 Å². The maximum Gasteiger partial charge on any atom is 0.235 e. The van der Waals surface area contributed by atoms with Gasteiger partial charge in [-0.3, -0.25) is 0 Å². The third-order valence-corrected chi connectivity index (χ3v) is 3.05. The summed E-state index contributed by atoms with van der Waals surface area (Å²) in [6, 6.07) is 7.80. The summed E-state index contributed by atoms with van der Waals surface area (Å²) in [5.74, 6) is 0. The molecule has 1 aromatic carbocycles. The molecule has 1 heterocycles. The first-order valence-electron chi connectivity index (χ1n) is 5.39. The summed E-state index contributed by atoms with van der Waals surface area (Å²) in [6.45, 7) is 0. The Morgan fingerprint density at radius 3 is 2.82 bits per heavy atom. The van der Waals surface area contributed by atoms with Crippen LogP contribution in [0, 0.1) is 0 Å². The van der Waals surface area contributed by atoms with Crippen LogP contribution in [-0.4, -0.2) is 20.8 Å². The van der Waals surface area contributed by atoms with Gasteiger partial charge in [-0.2, -0.15) is 10.1 Å². The van der Waals surface area contributed by atoms with E-state index in [0.717, 1.165) is 24.1 Å². The molecule has 17 heavy (non-hydrogen) atoms. The molecule has 5 nitrogen and oxygen atoms in total. The number of hydrogen-bond acceptors (Lipinski definition) is 4.